The maximum Gasteiger partial charge on any atom is 0.141 e. The summed E-state index contributed by atoms with van der Waals surface area (Å²) in [5, 5.41) is 22.7. The third-order valence-corrected chi connectivity index (χ3v) is 7.05. The average molecular weight is 559 g/mol. The molecule has 5 rings (SSSR count). The van der Waals surface area contributed by atoms with Crippen molar-refractivity contribution in [3.63, 3.8) is 0 Å². The van der Waals surface area contributed by atoms with E-state index in [4.69, 9.17) is 42.4 Å². The number of ether oxygens (including phenoxy) is 3. The van der Waals surface area contributed by atoms with Crippen molar-refractivity contribution < 1.29 is 19.3 Å². The molecule has 200 valence electrons. The van der Waals surface area contributed by atoms with Crippen LogP contribution in [0.4, 0.5) is 11.6 Å². The predicted octanol–water partition coefficient (Wildman–Crippen LogP) is 4.62. The zero-order valence-corrected chi connectivity index (χ0v) is 22.5. The first kappa shape index (κ1) is 26.3. The lowest BCUT2D eigenvalue weighted by molar-refractivity contribution is 0.195. The highest BCUT2D eigenvalue weighted by Crippen LogP contribution is 2.46. The summed E-state index contributed by atoms with van der Waals surface area (Å²) < 4.78 is 18.1. The Hall–Kier alpha value is -3.31. The molecule has 4 heterocycles. The number of fused-ring (bicyclic) bond motifs is 1. The number of anilines is 2. The van der Waals surface area contributed by atoms with Crippen LogP contribution in [-0.2, 0) is 17.8 Å². The molecule has 0 bridgehead atoms. The largest absolute Gasteiger partial charge is 0.495 e. The van der Waals surface area contributed by atoms with Crippen LogP contribution in [0.25, 0.3) is 22.0 Å². The summed E-state index contributed by atoms with van der Waals surface area (Å²) in [7, 11) is 3.06. The Morgan fingerprint density at radius 2 is 1.92 bits per heavy atom. The Kier molecular flexibility index (Phi) is 8.04. The van der Waals surface area contributed by atoms with E-state index in [1.165, 1.54) is 14.2 Å². The monoisotopic (exact) mass is 558 g/mol. The smallest absolute Gasteiger partial charge is 0.141 e. The predicted molar refractivity (Wildman–Crippen MR) is 148 cm³/mol. The normalized spacial score (nSPS) is 15.1. The van der Waals surface area contributed by atoms with Gasteiger partial charge in [-0.25, -0.2) is 9.97 Å². The van der Waals surface area contributed by atoms with Gasteiger partial charge in [0.2, 0.25) is 0 Å². The maximum absolute atomic E-state index is 9.20. The molecule has 4 aromatic rings. The number of aliphatic hydroxyl groups excluding tert-OH is 1. The molecule has 3 N–H and O–H groups in total. The fourth-order valence-corrected chi connectivity index (χ4v) is 5.06. The minimum atomic E-state index is 0.0170. The molecule has 3 aromatic heterocycles. The molecule has 38 heavy (non-hydrogen) atoms. The third-order valence-electron chi connectivity index (χ3n) is 6.30. The van der Waals surface area contributed by atoms with Crippen molar-refractivity contribution in [2.24, 2.45) is 0 Å². The lowest BCUT2D eigenvalue weighted by Gasteiger charge is -2.17. The molecule has 1 unspecified atom stereocenters. The van der Waals surface area contributed by atoms with Gasteiger partial charge in [-0.2, -0.15) is 5.10 Å². The second-order valence-corrected chi connectivity index (χ2v) is 9.58. The van der Waals surface area contributed by atoms with Gasteiger partial charge in [0.15, 0.2) is 0 Å². The van der Waals surface area contributed by atoms with Crippen LogP contribution < -0.4 is 20.1 Å². The van der Waals surface area contributed by atoms with Gasteiger partial charge in [-0.1, -0.05) is 23.2 Å². The van der Waals surface area contributed by atoms with Gasteiger partial charge >= 0.3 is 0 Å². The van der Waals surface area contributed by atoms with Crippen LogP contribution in [0.5, 0.6) is 11.5 Å². The van der Waals surface area contributed by atoms with E-state index in [1.54, 1.807) is 23.1 Å². The molecular weight excluding hydrogens is 531 g/mol. The summed E-state index contributed by atoms with van der Waals surface area (Å²) in [4.78, 5) is 9.56. The molecule has 12 heteroatoms. The fraction of sp³-hybridized carbons (Fsp3) is 0.346. The first-order chi connectivity index (χ1) is 18.5. The number of nitrogens with zero attached hydrogens (tertiary/aromatic N) is 4. The Morgan fingerprint density at radius 1 is 1.13 bits per heavy atom. The minimum absolute atomic E-state index is 0.0170. The van der Waals surface area contributed by atoms with E-state index in [0.717, 1.165) is 35.2 Å². The number of nitrogens with one attached hydrogen (secondary N) is 2. The highest BCUT2D eigenvalue weighted by molar-refractivity contribution is 6.41. The number of halogens is 2. The van der Waals surface area contributed by atoms with Crippen LogP contribution in [-0.4, -0.2) is 64.9 Å². The summed E-state index contributed by atoms with van der Waals surface area (Å²) in [6.45, 7) is 2.29. The van der Waals surface area contributed by atoms with E-state index in [2.05, 4.69) is 20.7 Å². The molecule has 1 fully saturated rings. The SMILES string of the molecule is COc1cc(OC)c(Cl)c(-c2cc3cnc(NC4CCOC4)cc3c(NCc3cnn(CCO)c3)n2)c1Cl. The second kappa shape index (κ2) is 11.6. The van der Waals surface area contributed by atoms with Crippen LogP contribution in [0.1, 0.15) is 12.0 Å². The van der Waals surface area contributed by atoms with Crippen molar-refractivity contribution in [3.05, 3.63) is 52.4 Å². The van der Waals surface area contributed by atoms with Crippen LogP contribution in [0.2, 0.25) is 10.0 Å². The van der Waals surface area contributed by atoms with Gasteiger partial charge in [0.1, 0.15) is 23.1 Å². The van der Waals surface area contributed by atoms with Gasteiger partial charge in [0.05, 0.1) is 62.0 Å². The zero-order valence-electron chi connectivity index (χ0n) is 21.0. The fourth-order valence-electron chi connectivity index (χ4n) is 4.36. The first-order valence-corrected chi connectivity index (χ1v) is 12.9. The zero-order chi connectivity index (χ0) is 26.6. The number of benzene rings is 1. The Bertz CT molecular complexity index is 1410. The number of aromatic nitrogens is 4. The van der Waals surface area contributed by atoms with E-state index < -0.39 is 0 Å². The number of pyridine rings is 2. The van der Waals surface area contributed by atoms with E-state index in [0.29, 0.717) is 58.3 Å². The first-order valence-electron chi connectivity index (χ1n) is 12.1. The Morgan fingerprint density at radius 3 is 2.61 bits per heavy atom. The van der Waals surface area contributed by atoms with E-state index in [1.807, 2.05) is 18.3 Å². The van der Waals surface area contributed by atoms with Crippen molar-refractivity contribution in [1.29, 1.82) is 0 Å². The van der Waals surface area contributed by atoms with Crippen molar-refractivity contribution in [1.82, 2.24) is 19.7 Å². The Labute approximate surface area is 229 Å². The third kappa shape index (κ3) is 5.44. The van der Waals surface area contributed by atoms with Crippen LogP contribution in [0, 0.1) is 0 Å². The molecule has 0 aliphatic carbocycles. The molecule has 0 spiro atoms. The summed E-state index contributed by atoms with van der Waals surface area (Å²) in [5.41, 5.74) is 1.97. The van der Waals surface area contributed by atoms with Gasteiger partial charge < -0.3 is 30.0 Å². The van der Waals surface area contributed by atoms with Gasteiger partial charge in [-0.3, -0.25) is 4.68 Å². The quantitative estimate of drug-likeness (QED) is 0.256. The maximum atomic E-state index is 9.20. The molecule has 1 aliphatic rings. The molecule has 0 amide bonds. The van der Waals surface area contributed by atoms with Crippen molar-refractivity contribution in [2.75, 3.05) is 44.7 Å². The number of methoxy groups -OCH3 is 2. The number of hydrogen-bond acceptors (Lipinski definition) is 9. The highest BCUT2D eigenvalue weighted by Gasteiger charge is 2.22. The van der Waals surface area contributed by atoms with E-state index in [9.17, 15) is 5.11 Å². The van der Waals surface area contributed by atoms with Gasteiger partial charge in [0.25, 0.3) is 0 Å². The van der Waals surface area contributed by atoms with Crippen molar-refractivity contribution in [3.8, 4) is 22.8 Å². The molecule has 1 saturated heterocycles. The standard InChI is InChI=1S/C26H28Cl2N6O4/c1-36-20-9-21(37-2)25(28)23(24(20)27)19-7-16-12-29-22(32-17-3-6-38-14-17)8-18(16)26(33-19)30-10-15-11-31-34(13-15)4-5-35/h7-9,11-13,17,35H,3-6,10,14H2,1-2H3,(H,29,32)(H,30,33). The Balaban J connectivity index is 1.58. The second-order valence-electron chi connectivity index (χ2n) is 8.82. The molecule has 1 aromatic carbocycles. The molecule has 10 nitrogen and oxygen atoms in total. The average Bonchev–Trinajstić information content (AvgIpc) is 3.60. The molecule has 0 radical (unpaired) electrons. The van der Waals surface area contributed by atoms with E-state index >= 15 is 0 Å². The molecular formula is C26H28Cl2N6O4. The number of rotatable bonds is 10. The van der Waals surface area contributed by atoms with E-state index in [-0.39, 0.29) is 12.6 Å². The van der Waals surface area contributed by atoms with Crippen LogP contribution >= 0.6 is 23.2 Å². The molecule has 0 saturated carbocycles. The molecule has 1 aliphatic heterocycles. The lowest BCUT2D eigenvalue weighted by Crippen LogP contribution is -2.19. The number of aliphatic hydroxyl groups is 1. The van der Waals surface area contributed by atoms with Gasteiger partial charge in [-0.15, -0.1) is 0 Å². The summed E-state index contributed by atoms with van der Waals surface area (Å²) >= 11 is 13.4. The minimum Gasteiger partial charge on any atom is -0.495 e. The van der Waals surface area contributed by atoms with Crippen LogP contribution in [0.3, 0.4) is 0 Å². The summed E-state index contributed by atoms with van der Waals surface area (Å²) in [5.74, 6) is 2.20. The highest BCUT2D eigenvalue weighted by atomic mass is 35.5. The van der Waals surface area contributed by atoms with Gasteiger partial charge in [0, 0.05) is 53.5 Å². The number of hydrogen-bond donors (Lipinski definition) is 3. The van der Waals surface area contributed by atoms with Crippen molar-refractivity contribution in [2.45, 2.75) is 25.6 Å². The van der Waals surface area contributed by atoms with Crippen LogP contribution in [0.15, 0.2) is 36.8 Å². The summed E-state index contributed by atoms with van der Waals surface area (Å²) in [6.07, 6.45) is 6.35. The topological polar surface area (TPSA) is 116 Å². The molecule has 1 atom stereocenters. The van der Waals surface area contributed by atoms with Gasteiger partial charge in [-0.05, 0) is 18.6 Å². The summed E-state index contributed by atoms with van der Waals surface area (Å²) in [6, 6.07) is 5.71. The lowest BCUT2D eigenvalue weighted by atomic mass is 10.1. The van der Waals surface area contributed by atoms with Crippen molar-refractivity contribution >= 4 is 45.6 Å².